The van der Waals surface area contributed by atoms with Gasteiger partial charge in [0.1, 0.15) is 11.3 Å². The van der Waals surface area contributed by atoms with Gasteiger partial charge in [0.15, 0.2) is 5.58 Å². The van der Waals surface area contributed by atoms with Crippen LogP contribution in [0.15, 0.2) is 27.8 Å². The van der Waals surface area contributed by atoms with Crippen molar-refractivity contribution in [2.45, 2.75) is 12.1 Å². The highest BCUT2D eigenvalue weighted by Crippen LogP contribution is 2.25. The summed E-state index contributed by atoms with van der Waals surface area (Å²) in [7, 11) is 0. The summed E-state index contributed by atoms with van der Waals surface area (Å²) >= 11 is 7.10. The molecule has 0 atom stereocenters. The van der Waals surface area contributed by atoms with Crippen molar-refractivity contribution in [3.8, 4) is 0 Å². The number of nitrogens with zero attached hydrogens (tertiary/aromatic N) is 1. The number of hydrogen-bond donors (Lipinski definition) is 0. The first kappa shape index (κ1) is 10.5. The van der Waals surface area contributed by atoms with E-state index in [0.717, 1.165) is 0 Å². The number of fused-ring (bicyclic) bond motifs is 1. The van der Waals surface area contributed by atoms with Crippen molar-refractivity contribution in [3.05, 3.63) is 23.2 Å². The number of carbonyl (C=O) groups is 1. The number of hydrogen-bond acceptors (Lipinski definition) is 4. The van der Waals surface area contributed by atoms with E-state index in [1.807, 2.05) is 0 Å². The number of thioether (sulfide) groups is 1. The first-order valence-corrected chi connectivity index (χ1v) is 5.70. The maximum absolute atomic E-state index is 10.8. The molecule has 2 rings (SSSR count). The first-order valence-electron chi connectivity index (χ1n) is 4.33. The lowest BCUT2D eigenvalue weighted by Crippen LogP contribution is -1.92. The Morgan fingerprint density at radius 3 is 3.13 bits per heavy atom. The molecule has 0 aliphatic heterocycles. The second-order valence-corrected chi connectivity index (χ2v) is 4.45. The Hall–Kier alpha value is -1.00. The summed E-state index contributed by atoms with van der Waals surface area (Å²) in [4.78, 5) is 15.0. The van der Waals surface area contributed by atoms with Crippen LogP contribution in [0.4, 0.5) is 0 Å². The second-order valence-electron chi connectivity index (χ2n) is 3.08. The van der Waals surface area contributed by atoms with Crippen molar-refractivity contribution in [2.24, 2.45) is 0 Å². The SMILES string of the molecule is CC(=O)CSc1nc2cc(Cl)ccc2o1. The number of aromatic nitrogens is 1. The van der Waals surface area contributed by atoms with Crippen LogP contribution in [-0.2, 0) is 4.79 Å². The van der Waals surface area contributed by atoms with E-state index in [1.54, 1.807) is 18.2 Å². The summed E-state index contributed by atoms with van der Waals surface area (Å²) in [5.41, 5.74) is 1.40. The Balaban J connectivity index is 2.27. The van der Waals surface area contributed by atoms with Crippen LogP contribution in [0.25, 0.3) is 11.1 Å². The van der Waals surface area contributed by atoms with Crippen molar-refractivity contribution < 1.29 is 9.21 Å². The first-order chi connectivity index (χ1) is 7.15. The molecule has 15 heavy (non-hydrogen) atoms. The Labute approximate surface area is 95.8 Å². The Morgan fingerprint density at radius 2 is 2.40 bits per heavy atom. The molecule has 0 amide bonds. The highest BCUT2D eigenvalue weighted by atomic mass is 35.5. The lowest BCUT2D eigenvalue weighted by Gasteiger charge is -1.88. The Bertz CT molecular complexity index is 509. The summed E-state index contributed by atoms with van der Waals surface area (Å²) in [6.45, 7) is 1.53. The summed E-state index contributed by atoms with van der Waals surface area (Å²) < 4.78 is 5.41. The molecule has 0 radical (unpaired) electrons. The van der Waals surface area contributed by atoms with Crippen LogP contribution < -0.4 is 0 Å². The fourth-order valence-electron chi connectivity index (χ4n) is 1.10. The lowest BCUT2D eigenvalue weighted by molar-refractivity contribution is -0.114. The zero-order valence-electron chi connectivity index (χ0n) is 7.99. The zero-order chi connectivity index (χ0) is 10.8. The van der Waals surface area contributed by atoms with Crippen LogP contribution in [0, 0.1) is 0 Å². The zero-order valence-corrected chi connectivity index (χ0v) is 9.56. The Morgan fingerprint density at radius 1 is 1.60 bits per heavy atom. The smallest absolute Gasteiger partial charge is 0.257 e. The van der Waals surface area contributed by atoms with Crippen LogP contribution in [0.2, 0.25) is 5.02 Å². The molecule has 0 aliphatic carbocycles. The molecule has 0 saturated carbocycles. The van der Waals surface area contributed by atoms with Crippen LogP contribution in [0.1, 0.15) is 6.92 Å². The van der Waals surface area contributed by atoms with Gasteiger partial charge in [-0.25, -0.2) is 4.98 Å². The van der Waals surface area contributed by atoms with E-state index in [4.69, 9.17) is 16.0 Å². The largest absolute Gasteiger partial charge is 0.431 e. The molecule has 1 aromatic carbocycles. The third-order valence-electron chi connectivity index (χ3n) is 1.73. The molecule has 3 nitrogen and oxygen atoms in total. The average molecular weight is 242 g/mol. The fourth-order valence-corrected chi connectivity index (χ4v) is 1.91. The maximum atomic E-state index is 10.8. The maximum Gasteiger partial charge on any atom is 0.257 e. The number of halogens is 1. The third-order valence-corrected chi connectivity index (χ3v) is 2.94. The average Bonchev–Trinajstić information content (AvgIpc) is 2.56. The molecule has 0 fully saturated rings. The van der Waals surface area contributed by atoms with E-state index >= 15 is 0 Å². The number of benzene rings is 1. The van der Waals surface area contributed by atoms with Crippen molar-refractivity contribution in [3.63, 3.8) is 0 Å². The minimum absolute atomic E-state index is 0.0975. The van der Waals surface area contributed by atoms with Crippen molar-refractivity contribution >= 4 is 40.2 Å². The van der Waals surface area contributed by atoms with Crippen LogP contribution >= 0.6 is 23.4 Å². The molecule has 1 heterocycles. The standard InChI is InChI=1S/C10H8ClNO2S/c1-6(13)5-15-10-12-8-4-7(11)2-3-9(8)14-10/h2-4H,5H2,1H3. The molecule has 0 N–H and O–H groups in total. The fraction of sp³-hybridized carbons (Fsp3) is 0.200. The van der Waals surface area contributed by atoms with Gasteiger partial charge in [-0.1, -0.05) is 23.4 Å². The molecule has 0 unspecified atom stereocenters. The number of oxazole rings is 1. The predicted molar refractivity (Wildman–Crippen MR) is 60.4 cm³/mol. The summed E-state index contributed by atoms with van der Waals surface area (Å²) in [5.74, 6) is 0.473. The van der Waals surface area contributed by atoms with Gasteiger partial charge in [0.2, 0.25) is 0 Å². The van der Waals surface area contributed by atoms with Crippen molar-refractivity contribution in [1.29, 1.82) is 0 Å². The topological polar surface area (TPSA) is 43.1 Å². The molecule has 0 bridgehead atoms. The van der Waals surface area contributed by atoms with E-state index in [0.29, 0.717) is 27.1 Å². The molecule has 1 aromatic heterocycles. The van der Waals surface area contributed by atoms with Gasteiger partial charge in [0, 0.05) is 5.02 Å². The highest BCUT2D eigenvalue weighted by Gasteiger charge is 2.07. The number of ketones is 1. The molecule has 5 heteroatoms. The minimum Gasteiger partial charge on any atom is -0.431 e. The van der Waals surface area contributed by atoms with E-state index in [-0.39, 0.29) is 5.78 Å². The van der Waals surface area contributed by atoms with Crippen LogP contribution in [-0.4, -0.2) is 16.5 Å². The molecule has 0 aliphatic rings. The minimum atomic E-state index is 0.0975. The van der Waals surface area contributed by atoms with Gasteiger partial charge in [-0.15, -0.1) is 0 Å². The van der Waals surface area contributed by atoms with Gasteiger partial charge in [-0.05, 0) is 25.1 Å². The number of rotatable bonds is 3. The highest BCUT2D eigenvalue weighted by molar-refractivity contribution is 7.99. The summed E-state index contributed by atoms with van der Waals surface area (Å²) in [6.07, 6.45) is 0. The molecule has 0 spiro atoms. The second kappa shape index (κ2) is 4.24. The third kappa shape index (κ3) is 2.52. The molecular formula is C10H8ClNO2S. The number of carbonyl (C=O) groups excluding carboxylic acids is 1. The quantitative estimate of drug-likeness (QED) is 0.775. The van der Waals surface area contributed by atoms with Gasteiger partial charge in [0.05, 0.1) is 5.75 Å². The van der Waals surface area contributed by atoms with Gasteiger partial charge in [0.25, 0.3) is 5.22 Å². The molecule has 2 aromatic rings. The molecular weight excluding hydrogens is 234 g/mol. The summed E-state index contributed by atoms with van der Waals surface area (Å²) in [6, 6.07) is 5.25. The van der Waals surface area contributed by atoms with Crippen molar-refractivity contribution in [2.75, 3.05) is 5.75 Å². The normalized spacial score (nSPS) is 10.8. The van der Waals surface area contributed by atoms with Gasteiger partial charge < -0.3 is 4.42 Å². The monoisotopic (exact) mass is 241 g/mol. The van der Waals surface area contributed by atoms with Crippen LogP contribution in [0.3, 0.4) is 0 Å². The van der Waals surface area contributed by atoms with E-state index in [1.165, 1.54) is 18.7 Å². The number of Topliss-reactive ketones (excluding diaryl/α,β-unsaturated/α-hetero) is 1. The van der Waals surface area contributed by atoms with Crippen molar-refractivity contribution in [1.82, 2.24) is 4.98 Å². The van der Waals surface area contributed by atoms with Gasteiger partial charge in [-0.3, -0.25) is 4.79 Å². The van der Waals surface area contributed by atoms with E-state index in [2.05, 4.69) is 4.98 Å². The van der Waals surface area contributed by atoms with Gasteiger partial charge in [-0.2, -0.15) is 0 Å². The lowest BCUT2D eigenvalue weighted by atomic mass is 10.3. The van der Waals surface area contributed by atoms with E-state index in [9.17, 15) is 4.79 Å². The summed E-state index contributed by atoms with van der Waals surface area (Å²) in [5, 5.41) is 1.13. The van der Waals surface area contributed by atoms with E-state index < -0.39 is 0 Å². The van der Waals surface area contributed by atoms with Crippen LogP contribution in [0.5, 0.6) is 0 Å². The molecule has 78 valence electrons. The predicted octanol–water partition coefficient (Wildman–Crippen LogP) is 3.16. The Kier molecular flexibility index (Phi) is 2.98. The van der Waals surface area contributed by atoms with Gasteiger partial charge >= 0.3 is 0 Å². The molecule has 0 saturated heterocycles.